The van der Waals surface area contributed by atoms with E-state index in [-0.39, 0.29) is 41.1 Å². The lowest BCUT2D eigenvalue weighted by molar-refractivity contribution is 0.0126. The van der Waals surface area contributed by atoms with Gasteiger partial charge in [-0.15, -0.1) is 0 Å². The predicted molar refractivity (Wildman–Crippen MR) is 105 cm³/mol. The molecule has 4 heterocycles. The second-order valence-corrected chi connectivity index (χ2v) is 8.17. The van der Waals surface area contributed by atoms with Gasteiger partial charge >= 0.3 is 6.16 Å². The number of carboxylic acid groups (broad SMARTS) is 1. The molecule has 1 aromatic heterocycles. The van der Waals surface area contributed by atoms with Crippen LogP contribution in [0, 0.1) is 11.7 Å². The van der Waals surface area contributed by atoms with Crippen LogP contribution in [0.4, 0.5) is 14.9 Å². The number of hydrogen-bond donors (Lipinski definition) is 2. The molecule has 160 valence electrons. The zero-order chi connectivity index (χ0) is 21.2. The highest BCUT2D eigenvalue weighted by Crippen LogP contribution is 2.47. The van der Waals surface area contributed by atoms with E-state index in [9.17, 15) is 9.59 Å². The van der Waals surface area contributed by atoms with Crippen molar-refractivity contribution in [1.29, 1.82) is 0 Å². The van der Waals surface area contributed by atoms with E-state index >= 15 is 4.39 Å². The van der Waals surface area contributed by atoms with Crippen molar-refractivity contribution >= 4 is 22.7 Å². The maximum Gasteiger partial charge on any atom is 0.511 e. The summed E-state index contributed by atoms with van der Waals surface area (Å²) in [5.74, 6) is -0.515. The van der Waals surface area contributed by atoms with Crippen molar-refractivity contribution in [3.63, 3.8) is 0 Å². The average molecular weight is 419 g/mol. The summed E-state index contributed by atoms with van der Waals surface area (Å²) >= 11 is 0. The van der Waals surface area contributed by atoms with Crippen LogP contribution in [0.3, 0.4) is 0 Å². The summed E-state index contributed by atoms with van der Waals surface area (Å²) in [5.41, 5.74) is 5.49. The number of carbonyl (C=O) groups is 1. The van der Waals surface area contributed by atoms with Crippen LogP contribution >= 0.6 is 0 Å². The molecule has 2 saturated heterocycles. The summed E-state index contributed by atoms with van der Waals surface area (Å²) in [6.45, 7) is 4.10. The minimum absolute atomic E-state index is 0.0146. The Morgan fingerprint density at radius 2 is 2.30 bits per heavy atom. The number of halogens is 1. The summed E-state index contributed by atoms with van der Waals surface area (Å²) < 4.78 is 33.6. The van der Waals surface area contributed by atoms with Crippen molar-refractivity contribution in [2.45, 2.75) is 25.0 Å². The SMILES string of the molecule is C[C@H]1COc2c(N3CC4CCOC4(CN)C3)c(F)cc3c(=O)c(OC(=O)O)cn1c23. The molecule has 5 rings (SSSR count). The summed E-state index contributed by atoms with van der Waals surface area (Å²) in [5, 5.41) is 8.95. The molecule has 0 spiro atoms. The van der Waals surface area contributed by atoms with Crippen molar-refractivity contribution in [2.24, 2.45) is 11.7 Å². The van der Waals surface area contributed by atoms with Crippen molar-refractivity contribution in [3.05, 3.63) is 28.3 Å². The molecule has 0 bridgehead atoms. The molecule has 3 atom stereocenters. The maximum atomic E-state index is 15.4. The minimum atomic E-state index is -1.60. The fraction of sp³-hybridized carbons (Fsp3) is 0.500. The van der Waals surface area contributed by atoms with Crippen molar-refractivity contribution in [3.8, 4) is 11.5 Å². The molecule has 3 aliphatic heterocycles. The van der Waals surface area contributed by atoms with E-state index in [0.29, 0.717) is 31.8 Å². The Balaban J connectivity index is 1.70. The fourth-order valence-electron chi connectivity index (χ4n) is 4.98. The highest BCUT2D eigenvalue weighted by atomic mass is 19.1. The van der Waals surface area contributed by atoms with E-state index < -0.39 is 23.0 Å². The van der Waals surface area contributed by atoms with Gasteiger partial charge in [0, 0.05) is 32.2 Å². The number of aromatic nitrogens is 1. The Kier molecular flexibility index (Phi) is 4.19. The van der Waals surface area contributed by atoms with Gasteiger partial charge < -0.3 is 34.5 Å². The summed E-state index contributed by atoms with van der Waals surface area (Å²) in [4.78, 5) is 25.6. The highest BCUT2D eigenvalue weighted by Gasteiger charge is 2.51. The summed E-state index contributed by atoms with van der Waals surface area (Å²) in [6.07, 6.45) is 0.601. The second kappa shape index (κ2) is 6.58. The largest absolute Gasteiger partial charge is 0.511 e. The number of hydrogen-bond acceptors (Lipinski definition) is 7. The lowest BCUT2D eigenvalue weighted by Crippen LogP contribution is -2.44. The fourth-order valence-corrected chi connectivity index (χ4v) is 4.98. The lowest BCUT2D eigenvalue weighted by Gasteiger charge is -2.32. The third kappa shape index (κ3) is 2.60. The monoisotopic (exact) mass is 419 g/mol. The first kappa shape index (κ1) is 19.1. The zero-order valence-corrected chi connectivity index (χ0v) is 16.4. The molecule has 2 unspecified atom stereocenters. The lowest BCUT2D eigenvalue weighted by atomic mass is 9.91. The van der Waals surface area contributed by atoms with Gasteiger partial charge in [-0.1, -0.05) is 0 Å². The third-order valence-corrected chi connectivity index (χ3v) is 6.47. The van der Waals surface area contributed by atoms with Gasteiger partial charge in [0.25, 0.3) is 0 Å². The molecule has 3 aliphatic rings. The highest BCUT2D eigenvalue weighted by molar-refractivity contribution is 5.93. The smallest absolute Gasteiger partial charge is 0.487 e. The van der Waals surface area contributed by atoms with E-state index in [1.54, 1.807) is 4.57 Å². The molecule has 0 amide bonds. The normalized spacial score (nSPS) is 27.2. The first-order valence-electron chi connectivity index (χ1n) is 9.88. The molecule has 2 aromatic rings. The van der Waals surface area contributed by atoms with Gasteiger partial charge in [-0.25, -0.2) is 9.18 Å². The molecule has 1 aromatic carbocycles. The van der Waals surface area contributed by atoms with E-state index in [0.717, 1.165) is 12.5 Å². The number of nitrogens with zero attached hydrogens (tertiary/aromatic N) is 2. The molecule has 30 heavy (non-hydrogen) atoms. The Morgan fingerprint density at radius 3 is 3.00 bits per heavy atom. The van der Waals surface area contributed by atoms with Gasteiger partial charge in [0.15, 0.2) is 17.3 Å². The molecule has 3 N–H and O–H groups in total. The van der Waals surface area contributed by atoms with Crippen LogP contribution in [0.25, 0.3) is 10.9 Å². The third-order valence-electron chi connectivity index (χ3n) is 6.47. The van der Waals surface area contributed by atoms with Crippen LogP contribution in [0.2, 0.25) is 0 Å². The number of anilines is 1. The van der Waals surface area contributed by atoms with Crippen LogP contribution in [-0.2, 0) is 4.74 Å². The van der Waals surface area contributed by atoms with Crippen molar-refractivity contribution in [2.75, 3.05) is 37.7 Å². The molecule has 10 heteroatoms. The number of benzene rings is 1. The Labute approximate surface area is 170 Å². The molecular formula is C20H22FN3O6. The van der Waals surface area contributed by atoms with Crippen LogP contribution in [-0.4, -0.2) is 54.3 Å². The van der Waals surface area contributed by atoms with Gasteiger partial charge in [-0.05, 0) is 19.4 Å². The summed E-state index contributed by atoms with van der Waals surface area (Å²) in [7, 11) is 0. The van der Waals surface area contributed by atoms with Crippen LogP contribution in [0.1, 0.15) is 19.4 Å². The van der Waals surface area contributed by atoms with E-state index in [1.807, 2.05) is 11.8 Å². The quantitative estimate of drug-likeness (QED) is 0.723. The van der Waals surface area contributed by atoms with Gasteiger partial charge in [0.05, 0.1) is 23.1 Å². The van der Waals surface area contributed by atoms with Gasteiger partial charge in [0.1, 0.15) is 17.9 Å². The molecular weight excluding hydrogens is 397 g/mol. The Hall–Kier alpha value is -2.85. The van der Waals surface area contributed by atoms with Crippen LogP contribution in [0.15, 0.2) is 17.1 Å². The molecule has 2 fully saturated rings. The molecule has 0 aliphatic carbocycles. The number of fused-ring (bicyclic) bond motifs is 1. The Morgan fingerprint density at radius 1 is 1.50 bits per heavy atom. The maximum absolute atomic E-state index is 15.4. The van der Waals surface area contributed by atoms with Crippen LogP contribution in [0.5, 0.6) is 11.5 Å². The average Bonchev–Trinajstić information content (AvgIpc) is 3.24. The van der Waals surface area contributed by atoms with E-state index in [1.165, 1.54) is 6.20 Å². The second-order valence-electron chi connectivity index (χ2n) is 8.17. The number of rotatable bonds is 3. The van der Waals surface area contributed by atoms with Crippen molar-refractivity contribution < 1.29 is 28.5 Å². The van der Waals surface area contributed by atoms with Crippen molar-refractivity contribution in [1.82, 2.24) is 4.57 Å². The topological polar surface area (TPSA) is 116 Å². The van der Waals surface area contributed by atoms with Gasteiger partial charge in [-0.2, -0.15) is 0 Å². The van der Waals surface area contributed by atoms with E-state index in [4.69, 9.17) is 20.3 Å². The number of pyridine rings is 1. The van der Waals surface area contributed by atoms with Crippen LogP contribution < -0.4 is 25.5 Å². The summed E-state index contributed by atoms with van der Waals surface area (Å²) in [6, 6.07) is 0.930. The Bertz CT molecular complexity index is 1120. The number of ether oxygens (including phenoxy) is 3. The molecule has 0 radical (unpaired) electrons. The van der Waals surface area contributed by atoms with Gasteiger partial charge in [0.2, 0.25) is 5.43 Å². The minimum Gasteiger partial charge on any atom is -0.487 e. The first-order valence-corrected chi connectivity index (χ1v) is 9.88. The molecule has 9 nitrogen and oxygen atoms in total. The standard InChI is InChI=1S/C20H22FN3O6/c1-10-7-28-18-15-12(17(25)14(6-24(10)15)30-19(26)27)4-13(21)16(18)23-5-11-2-3-29-20(11,8-22)9-23/h4,6,10-11H,2-3,5,7-9,22H2,1H3,(H,26,27)/t10-,11?,20?/m0/s1. The molecule has 0 saturated carbocycles. The predicted octanol–water partition coefficient (Wildman–Crippen LogP) is 1.70. The van der Waals surface area contributed by atoms with E-state index in [2.05, 4.69) is 4.74 Å². The first-order chi connectivity index (χ1) is 14.3. The number of nitrogens with two attached hydrogens (primary N) is 1. The zero-order valence-electron chi connectivity index (χ0n) is 16.4. The van der Waals surface area contributed by atoms with Gasteiger partial charge in [-0.3, -0.25) is 4.79 Å².